The molecule has 0 bridgehead atoms. The fourth-order valence-electron chi connectivity index (χ4n) is 1.89. The lowest BCUT2D eigenvalue weighted by atomic mass is 10.2. The Balaban J connectivity index is 2.05. The molecule has 0 aromatic heterocycles. The van der Waals surface area contributed by atoms with Gasteiger partial charge in [-0.15, -0.1) is 0 Å². The number of amides is 2. The SMILES string of the molecule is N#CCC(=O)Nc1ccccc1NC(=O)/C=C/c1ccc(Br)cc1. The molecule has 2 amide bonds. The number of para-hydroxylation sites is 2. The highest BCUT2D eigenvalue weighted by Gasteiger charge is 2.07. The molecule has 0 aliphatic heterocycles. The summed E-state index contributed by atoms with van der Waals surface area (Å²) in [6.07, 6.45) is 2.86. The third-order valence-corrected chi connectivity index (χ3v) is 3.52. The molecule has 24 heavy (non-hydrogen) atoms. The van der Waals surface area contributed by atoms with E-state index in [1.165, 1.54) is 6.08 Å². The molecule has 2 aromatic rings. The van der Waals surface area contributed by atoms with Crippen LogP contribution < -0.4 is 10.6 Å². The average molecular weight is 384 g/mol. The Hall–Kier alpha value is -2.91. The normalized spacial score (nSPS) is 10.2. The average Bonchev–Trinajstić information content (AvgIpc) is 2.56. The number of carbonyl (C=O) groups excluding carboxylic acids is 2. The molecule has 0 saturated heterocycles. The molecule has 6 heteroatoms. The van der Waals surface area contributed by atoms with Crippen LogP contribution in [0.25, 0.3) is 6.08 Å². The van der Waals surface area contributed by atoms with Gasteiger partial charge in [-0.05, 0) is 35.9 Å². The number of anilines is 2. The standard InChI is InChI=1S/C18H14BrN3O2/c19-14-8-5-13(6-9-14)7-10-17(23)21-15-3-1-2-4-16(15)22-18(24)11-12-20/h1-10H,11H2,(H,21,23)(H,22,24)/b10-7+. The van der Waals surface area contributed by atoms with Gasteiger partial charge in [0.1, 0.15) is 6.42 Å². The lowest BCUT2D eigenvalue weighted by molar-refractivity contribution is -0.115. The summed E-state index contributed by atoms with van der Waals surface area (Å²) in [7, 11) is 0. The van der Waals surface area contributed by atoms with E-state index in [0.29, 0.717) is 11.4 Å². The molecule has 0 aliphatic rings. The van der Waals surface area contributed by atoms with E-state index < -0.39 is 5.91 Å². The summed E-state index contributed by atoms with van der Waals surface area (Å²) < 4.78 is 0.964. The molecule has 0 aliphatic carbocycles. The van der Waals surface area contributed by atoms with E-state index in [9.17, 15) is 9.59 Å². The molecule has 0 fully saturated rings. The maximum Gasteiger partial charge on any atom is 0.248 e. The van der Waals surface area contributed by atoms with Gasteiger partial charge in [-0.3, -0.25) is 9.59 Å². The lowest BCUT2D eigenvalue weighted by Crippen LogP contribution is -2.14. The fourth-order valence-corrected chi connectivity index (χ4v) is 2.15. The van der Waals surface area contributed by atoms with Crippen LogP contribution in [0.3, 0.4) is 0 Å². The van der Waals surface area contributed by atoms with Gasteiger partial charge in [-0.1, -0.05) is 40.2 Å². The predicted octanol–water partition coefficient (Wildman–Crippen LogP) is 3.95. The third-order valence-electron chi connectivity index (χ3n) is 3.00. The summed E-state index contributed by atoms with van der Waals surface area (Å²) in [6, 6.07) is 16.1. The Bertz CT molecular complexity index is 808. The molecular weight excluding hydrogens is 370 g/mol. The second kappa shape index (κ2) is 8.65. The first kappa shape index (κ1) is 17.4. The molecule has 0 spiro atoms. The zero-order valence-corrected chi connectivity index (χ0v) is 14.2. The molecule has 0 atom stereocenters. The maximum atomic E-state index is 12.0. The molecular formula is C18H14BrN3O2. The van der Waals surface area contributed by atoms with Crippen LogP contribution in [0.4, 0.5) is 11.4 Å². The van der Waals surface area contributed by atoms with E-state index in [1.807, 2.05) is 24.3 Å². The summed E-state index contributed by atoms with van der Waals surface area (Å²) in [4.78, 5) is 23.6. The predicted molar refractivity (Wildman–Crippen MR) is 97.1 cm³/mol. The van der Waals surface area contributed by atoms with Gasteiger partial charge in [0.2, 0.25) is 11.8 Å². The van der Waals surface area contributed by atoms with Crippen molar-refractivity contribution >= 4 is 45.2 Å². The molecule has 0 saturated carbocycles. The van der Waals surface area contributed by atoms with Crippen molar-refractivity contribution in [2.45, 2.75) is 6.42 Å². The molecule has 0 unspecified atom stereocenters. The Labute approximate surface area is 148 Å². The van der Waals surface area contributed by atoms with Crippen LogP contribution in [-0.4, -0.2) is 11.8 Å². The minimum absolute atomic E-state index is 0.244. The summed E-state index contributed by atoms with van der Waals surface area (Å²) in [5.41, 5.74) is 1.81. The Morgan fingerprint density at radius 1 is 1.04 bits per heavy atom. The van der Waals surface area contributed by atoms with Crippen molar-refractivity contribution in [2.24, 2.45) is 0 Å². The lowest BCUT2D eigenvalue weighted by Gasteiger charge is -2.10. The van der Waals surface area contributed by atoms with Crippen molar-refractivity contribution in [1.29, 1.82) is 5.26 Å². The number of rotatable bonds is 5. The van der Waals surface area contributed by atoms with Crippen LogP contribution in [0.1, 0.15) is 12.0 Å². The van der Waals surface area contributed by atoms with E-state index >= 15 is 0 Å². The second-order valence-corrected chi connectivity index (χ2v) is 5.72. The monoisotopic (exact) mass is 383 g/mol. The summed E-state index contributed by atoms with van der Waals surface area (Å²) in [6.45, 7) is 0. The van der Waals surface area contributed by atoms with Gasteiger partial charge in [0.15, 0.2) is 0 Å². The van der Waals surface area contributed by atoms with Gasteiger partial charge in [0, 0.05) is 10.5 Å². The van der Waals surface area contributed by atoms with Crippen LogP contribution in [-0.2, 0) is 9.59 Å². The minimum atomic E-state index is -0.426. The molecule has 2 rings (SSSR count). The van der Waals surface area contributed by atoms with E-state index in [2.05, 4.69) is 26.6 Å². The number of hydrogen-bond acceptors (Lipinski definition) is 3. The summed E-state index contributed by atoms with van der Waals surface area (Å²) in [5.74, 6) is -0.746. The number of benzene rings is 2. The van der Waals surface area contributed by atoms with Crippen molar-refractivity contribution < 1.29 is 9.59 Å². The van der Waals surface area contributed by atoms with E-state index in [0.717, 1.165) is 10.0 Å². The van der Waals surface area contributed by atoms with E-state index in [-0.39, 0.29) is 12.3 Å². The molecule has 0 heterocycles. The van der Waals surface area contributed by atoms with Crippen molar-refractivity contribution in [3.63, 3.8) is 0 Å². The topological polar surface area (TPSA) is 82.0 Å². The first-order valence-electron chi connectivity index (χ1n) is 7.09. The largest absolute Gasteiger partial charge is 0.323 e. The van der Waals surface area contributed by atoms with E-state index in [4.69, 9.17) is 5.26 Å². The van der Waals surface area contributed by atoms with Crippen molar-refractivity contribution in [3.05, 3.63) is 64.6 Å². The molecule has 2 aromatic carbocycles. The van der Waals surface area contributed by atoms with Crippen LogP contribution in [0.5, 0.6) is 0 Å². The fraction of sp³-hybridized carbons (Fsp3) is 0.0556. The van der Waals surface area contributed by atoms with Crippen LogP contribution >= 0.6 is 15.9 Å². The first-order chi connectivity index (χ1) is 11.6. The highest BCUT2D eigenvalue weighted by atomic mass is 79.9. The van der Waals surface area contributed by atoms with Crippen LogP contribution in [0.15, 0.2) is 59.1 Å². The summed E-state index contributed by atoms with van der Waals surface area (Å²) >= 11 is 3.35. The molecule has 2 N–H and O–H groups in total. The third kappa shape index (κ3) is 5.38. The van der Waals surface area contributed by atoms with Gasteiger partial charge < -0.3 is 10.6 Å². The van der Waals surface area contributed by atoms with Gasteiger partial charge in [0.05, 0.1) is 17.4 Å². The van der Waals surface area contributed by atoms with Gasteiger partial charge in [0.25, 0.3) is 0 Å². The molecule has 5 nitrogen and oxygen atoms in total. The number of nitrogens with one attached hydrogen (secondary N) is 2. The Morgan fingerprint density at radius 3 is 2.29 bits per heavy atom. The Kier molecular flexibility index (Phi) is 6.29. The number of nitrogens with zero attached hydrogens (tertiary/aromatic N) is 1. The number of carbonyl (C=O) groups is 2. The number of nitriles is 1. The molecule has 0 radical (unpaired) electrons. The van der Waals surface area contributed by atoms with Crippen LogP contribution in [0.2, 0.25) is 0 Å². The number of halogens is 1. The smallest absolute Gasteiger partial charge is 0.248 e. The van der Waals surface area contributed by atoms with Crippen molar-refractivity contribution in [1.82, 2.24) is 0 Å². The number of hydrogen-bond donors (Lipinski definition) is 2. The van der Waals surface area contributed by atoms with Gasteiger partial charge in [-0.25, -0.2) is 0 Å². The second-order valence-electron chi connectivity index (χ2n) is 4.80. The van der Waals surface area contributed by atoms with Gasteiger partial charge in [-0.2, -0.15) is 5.26 Å². The van der Waals surface area contributed by atoms with E-state index in [1.54, 1.807) is 36.4 Å². The molecule has 120 valence electrons. The highest BCUT2D eigenvalue weighted by molar-refractivity contribution is 9.10. The minimum Gasteiger partial charge on any atom is -0.323 e. The van der Waals surface area contributed by atoms with Crippen molar-refractivity contribution in [3.8, 4) is 6.07 Å². The zero-order chi connectivity index (χ0) is 17.4. The van der Waals surface area contributed by atoms with Crippen molar-refractivity contribution in [2.75, 3.05) is 10.6 Å². The quantitative estimate of drug-likeness (QED) is 0.766. The zero-order valence-electron chi connectivity index (χ0n) is 12.6. The Morgan fingerprint density at radius 2 is 1.67 bits per heavy atom. The highest BCUT2D eigenvalue weighted by Crippen LogP contribution is 2.21. The van der Waals surface area contributed by atoms with Crippen LogP contribution in [0, 0.1) is 11.3 Å². The maximum absolute atomic E-state index is 12.0. The summed E-state index contributed by atoms with van der Waals surface area (Å²) in [5, 5.41) is 13.8. The first-order valence-corrected chi connectivity index (χ1v) is 7.88. The van der Waals surface area contributed by atoms with Gasteiger partial charge >= 0.3 is 0 Å².